The van der Waals surface area contributed by atoms with Crippen LogP contribution in [0, 0.1) is 5.92 Å². The van der Waals surface area contributed by atoms with Gasteiger partial charge >= 0.3 is 0 Å². The minimum atomic E-state index is 0.0230. The first-order valence-electron chi connectivity index (χ1n) is 8.13. The van der Waals surface area contributed by atoms with Crippen LogP contribution in [-0.4, -0.2) is 43.7 Å². The number of nitrogens with zero attached hydrogens (tertiary/aromatic N) is 5. The number of imidazole rings is 1. The van der Waals surface area contributed by atoms with Crippen LogP contribution in [0.25, 0.3) is 0 Å². The van der Waals surface area contributed by atoms with E-state index in [1.165, 1.54) is 0 Å². The molecule has 0 saturated heterocycles. The normalized spacial score (nSPS) is 11.2. The number of hydrogen-bond donors (Lipinski definition) is 0. The van der Waals surface area contributed by atoms with Crippen molar-refractivity contribution < 1.29 is 4.79 Å². The van der Waals surface area contributed by atoms with Crippen molar-refractivity contribution in [1.29, 1.82) is 0 Å². The summed E-state index contributed by atoms with van der Waals surface area (Å²) in [6.07, 6.45) is 6.39. The van der Waals surface area contributed by atoms with Gasteiger partial charge in [0.2, 0.25) is 0 Å². The third-order valence-electron chi connectivity index (χ3n) is 3.93. The summed E-state index contributed by atoms with van der Waals surface area (Å²) >= 11 is 0. The molecular formula is C17H27N5O. The van der Waals surface area contributed by atoms with E-state index in [9.17, 15) is 4.79 Å². The van der Waals surface area contributed by atoms with Crippen molar-refractivity contribution in [2.75, 3.05) is 13.6 Å². The average Bonchev–Trinajstić information content (AvgIpc) is 3.03. The van der Waals surface area contributed by atoms with Crippen LogP contribution in [0.1, 0.15) is 42.3 Å². The first-order chi connectivity index (χ1) is 10.9. The standard InChI is InChI=1S/C17H27N5O/c1-13(2)11-14-12-15(22(5)19-14)17(23)21(4)9-6-7-16-18-8-10-20(16)3/h8,10,12-13H,6-7,9,11H2,1-5H3. The molecule has 0 N–H and O–H groups in total. The Kier molecular flexibility index (Phi) is 5.58. The molecule has 2 rings (SSSR count). The monoisotopic (exact) mass is 317 g/mol. The first kappa shape index (κ1) is 17.2. The second-order valence-corrected chi connectivity index (χ2v) is 6.53. The molecule has 0 aliphatic carbocycles. The molecule has 23 heavy (non-hydrogen) atoms. The Balaban J connectivity index is 1.91. The van der Waals surface area contributed by atoms with Crippen molar-refractivity contribution in [3.05, 3.63) is 35.7 Å². The van der Waals surface area contributed by atoms with Gasteiger partial charge in [0.15, 0.2) is 0 Å². The summed E-state index contributed by atoms with van der Waals surface area (Å²) in [6.45, 7) is 5.01. The molecule has 0 saturated carbocycles. The van der Waals surface area contributed by atoms with Crippen molar-refractivity contribution in [2.45, 2.75) is 33.1 Å². The lowest BCUT2D eigenvalue weighted by Gasteiger charge is -2.16. The maximum Gasteiger partial charge on any atom is 0.271 e. The van der Waals surface area contributed by atoms with E-state index in [0.29, 0.717) is 18.2 Å². The van der Waals surface area contributed by atoms with E-state index >= 15 is 0 Å². The van der Waals surface area contributed by atoms with Gasteiger partial charge in [0, 0.05) is 46.5 Å². The van der Waals surface area contributed by atoms with Gasteiger partial charge in [0.05, 0.1) is 5.69 Å². The summed E-state index contributed by atoms with van der Waals surface area (Å²) in [5.74, 6) is 1.60. The highest BCUT2D eigenvalue weighted by molar-refractivity contribution is 5.92. The number of carbonyl (C=O) groups is 1. The molecule has 0 atom stereocenters. The van der Waals surface area contributed by atoms with Crippen molar-refractivity contribution in [3.63, 3.8) is 0 Å². The number of rotatable bonds is 7. The van der Waals surface area contributed by atoms with Gasteiger partial charge in [-0.2, -0.15) is 5.10 Å². The smallest absolute Gasteiger partial charge is 0.271 e. The van der Waals surface area contributed by atoms with E-state index in [2.05, 4.69) is 23.9 Å². The number of aromatic nitrogens is 4. The maximum atomic E-state index is 12.6. The molecular weight excluding hydrogens is 290 g/mol. The topological polar surface area (TPSA) is 56.0 Å². The molecule has 126 valence electrons. The number of carbonyl (C=O) groups excluding carboxylic acids is 1. The van der Waals surface area contributed by atoms with Crippen LogP contribution in [0.4, 0.5) is 0 Å². The average molecular weight is 317 g/mol. The fraction of sp³-hybridized carbons (Fsp3) is 0.588. The molecule has 0 radical (unpaired) electrons. The highest BCUT2D eigenvalue weighted by Gasteiger charge is 2.17. The molecule has 1 amide bonds. The third kappa shape index (κ3) is 4.43. The quantitative estimate of drug-likeness (QED) is 0.785. The lowest BCUT2D eigenvalue weighted by Crippen LogP contribution is -2.29. The van der Waals surface area contributed by atoms with Crippen molar-refractivity contribution in [1.82, 2.24) is 24.2 Å². The first-order valence-corrected chi connectivity index (χ1v) is 8.13. The molecule has 0 bridgehead atoms. The molecule has 6 nitrogen and oxygen atoms in total. The minimum Gasteiger partial charge on any atom is -0.340 e. The van der Waals surface area contributed by atoms with Crippen LogP contribution in [0.5, 0.6) is 0 Å². The number of hydrogen-bond acceptors (Lipinski definition) is 3. The summed E-state index contributed by atoms with van der Waals surface area (Å²) in [7, 11) is 5.66. The van der Waals surface area contributed by atoms with Gasteiger partial charge in [0.25, 0.3) is 5.91 Å². The zero-order valence-corrected chi connectivity index (χ0v) is 14.8. The largest absolute Gasteiger partial charge is 0.340 e. The molecule has 2 aromatic rings. The Bertz CT molecular complexity index is 656. The second-order valence-electron chi connectivity index (χ2n) is 6.53. The lowest BCUT2D eigenvalue weighted by atomic mass is 10.1. The van der Waals surface area contributed by atoms with E-state index in [1.807, 2.05) is 38.0 Å². The Morgan fingerprint density at radius 2 is 2.09 bits per heavy atom. The zero-order valence-electron chi connectivity index (χ0n) is 14.8. The molecule has 0 aliphatic heterocycles. The van der Waals surface area contributed by atoms with Crippen molar-refractivity contribution in [3.8, 4) is 0 Å². The Hall–Kier alpha value is -2.11. The number of aryl methyl sites for hydroxylation is 3. The maximum absolute atomic E-state index is 12.6. The summed E-state index contributed by atoms with van der Waals surface area (Å²) in [4.78, 5) is 18.6. The summed E-state index contributed by atoms with van der Waals surface area (Å²) < 4.78 is 3.70. The van der Waals surface area contributed by atoms with Crippen LogP contribution in [0.2, 0.25) is 0 Å². The molecule has 0 fully saturated rings. The minimum absolute atomic E-state index is 0.0230. The van der Waals surface area contributed by atoms with E-state index in [4.69, 9.17) is 0 Å². The van der Waals surface area contributed by atoms with Crippen LogP contribution in [0.15, 0.2) is 18.5 Å². The number of amides is 1. The Labute approximate surface area is 138 Å². The van der Waals surface area contributed by atoms with E-state index < -0.39 is 0 Å². The van der Waals surface area contributed by atoms with Gasteiger partial charge in [0.1, 0.15) is 11.5 Å². The van der Waals surface area contributed by atoms with Gasteiger partial charge in [-0.1, -0.05) is 13.8 Å². The Morgan fingerprint density at radius 3 is 2.70 bits per heavy atom. The predicted octanol–water partition coefficient (Wildman–Crippen LogP) is 2.06. The van der Waals surface area contributed by atoms with Crippen molar-refractivity contribution >= 4 is 5.91 Å². The molecule has 0 spiro atoms. The fourth-order valence-corrected chi connectivity index (χ4v) is 2.65. The highest BCUT2D eigenvalue weighted by atomic mass is 16.2. The van der Waals surface area contributed by atoms with Crippen LogP contribution < -0.4 is 0 Å². The SMILES string of the molecule is CC(C)Cc1cc(C(=O)N(C)CCCc2nccn2C)n(C)n1. The summed E-state index contributed by atoms with van der Waals surface area (Å²) in [6, 6.07) is 1.91. The molecule has 0 aliphatic rings. The van der Waals surface area contributed by atoms with Crippen LogP contribution in [0.3, 0.4) is 0 Å². The molecule has 2 aromatic heterocycles. The predicted molar refractivity (Wildman–Crippen MR) is 90.2 cm³/mol. The van der Waals surface area contributed by atoms with E-state index in [-0.39, 0.29) is 5.91 Å². The lowest BCUT2D eigenvalue weighted by molar-refractivity contribution is 0.0782. The van der Waals surface area contributed by atoms with Gasteiger partial charge in [-0.25, -0.2) is 4.98 Å². The second kappa shape index (κ2) is 7.44. The molecule has 6 heteroatoms. The summed E-state index contributed by atoms with van der Waals surface area (Å²) in [5.41, 5.74) is 1.63. The van der Waals surface area contributed by atoms with Crippen LogP contribution >= 0.6 is 0 Å². The molecule has 0 aromatic carbocycles. The Morgan fingerprint density at radius 1 is 1.35 bits per heavy atom. The van der Waals surface area contributed by atoms with Gasteiger partial charge in [-0.15, -0.1) is 0 Å². The summed E-state index contributed by atoms with van der Waals surface area (Å²) in [5, 5.41) is 4.44. The molecule has 2 heterocycles. The zero-order chi connectivity index (χ0) is 17.0. The van der Waals surface area contributed by atoms with Gasteiger partial charge in [-0.05, 0) is 24.8 Å². The van der Waals surface area contributed by atoms with Gasteiger partial charge in [-0.3, -0.25) is 9.48 Å². The van der Waals surface area contributed by atoms with Gasteiger partial charge < -0.3 is 9.47 Å². The van der Waals surface area contributed by atoms with E-state index in [0.717, 1.165) is 30.8 Å². The van der Waals surface area contributed by atoms with Crippen LogP contribution in [-0.2, 0) is 26.9 Å². The van der Waals surface area contributed by atoms with Crippen molar-refractivity contribution in [2.24, 2.45) is 20.0 Å². The fourth-order valence-electron chi connectivity index (χ4n) is 2.65. The van der Waals surface area contributed by atoms with E-state index in [1.54, 1.807) is 15.8 Å². The molecule has 0 unspecified atom stereocenters. The third-order valence-corrected chi connectivity index (χ3v) is 3.93. The highest BCUT2D eigenvalue weighted by Crippen LogP contribution is 2.11.